The van der Waals surface area contributed by atoms with Crippen LogP contribution in [0.5, 0.6) is 0 Å². The highest BCUT2D eigenvalue weighted by molar-refractivity contribution is 5.94. The van der Waals surface area contributed by atoms with Gasteiger partial charge in [-0.15, -0.1) is 0 Å². The monoisotopic (exact) mass is 394 g/mol. The van der Waals surface area contributed by atoms with Crippen LogP contribution in [-0.2, 0) is 20.0 Å². The minimum Gasteiger partial charge on any atom is -0.392 e. The molecule has 4 rings (SSSR count). The van der Waals surface area contributed by atoms with Crippen LogP contribution in [0.25, 0.3) is 11.3 Å². The van der Waals surface area contributed by atoms with Crippen LogP contribution in [0.3, 0.4) is 0 Å². The molecule has 0 amide bonds. The van der Waals surface area contributed by atoms with Crippen molar-refractivity contribution in [2.24, 2.45) is 7.05 Å². The first kappa shape index (κ1) is 19.5. The van der Waals surface area contributed by atoms with Crippen LogP contribution in [0.1, 0.15) is 40.9 Å². The molecule has 0 saturated heterocycles. The number of aromatic nitrogens is 3. The van der Waals surface area contributed by atoms with Crippen molar-refractivity contribution < 1.29 is 14.4 Å². The molecule has 0 radical (unpaired) electrons. The predicted molar refractivity (Wildman–Crippen MR) is 108 cm³/mol. The van der Waals surface area contributed by atoms with E-state index in [1.54, 1.807) is 16.9 Å². The van der Waals surface area contributed by atoms with Crippen LogP contribution in [-0.4, -0.2) is 49.9 Å². The number of hydrogen-bond acceptors (Lipinski definition) is 6. The third-order valence-corrected chi connectivity index (χ3v) is 5.41. The average Bonchev–Trinajstić information content (AvgIpc) is 3.37. The first-order valence-electron chi connectivity index (χ1n) is 10.0. The number of aliphatic hydroxyl groups excluding tert-OH is 1. The molecule has 0 aliphatic carbocycles. The number of nitrogens with zero attached hydrogens (tertiary/aromatic N) is 4. The highest BCUT2D eigenvalue weighted by Gasteiger charge is 2.19. The summed E-state index contributed by atoms with van der Waals surface area (Å²) in [4.78, 5) is 14.7. The Bertz CT molecular complexity index is 978. The Labute approximate surface area is 169 Å². The number of aliphatic hydroxyl groups is 1. The van der Waals surface area contributed by atoms with Crippen LogP contribution in [0.4, 0.5) is 0 Å². The van der Waals surface area contributed by atoms with E-state index in [9.17, 15) is 9.90 Å². The second-order valence-electron chi connectivity index (χ2n) is 7.70. The quantitative estimate of drug-likeness (QED) is 0.592. The molecule has 7 nitrogen and oxygen atoms in total. The molecule has 1 aliphatic rings. The number of ketones is 1. The third-order valence-electron chi connectivity index (χ3n) is 5.41. The van der Waals surface area contributed by atoms with E-state index < -0.39 is 6.10 Å². The molecule has 1 N–H and O–H groups in total. The number of aryl methyl sites for hydroxylation is 1. The molecule has 3 aromatic rings. The van der Waals surface area contributed by atoms with E-state index in [2.05, 4.69) is 39.4 Å². The average molecular weight is 394 g/mol. The summed E-state index contributed by atoms with van der Waals surface area (Å²) in [6.45, 7) is 2.48. The SMILES string of the molecule is Cn1cc(-c2cc(C(=O)CCCC(O)CN3CCc4ccccc4C3)no2)cn1. The number of fused-ring (bicyclic) bond motifs is 1. The Kier molecular flexibility index (Phi) is 5.87. The van der Waals surface area contributed by atoms with Crippen LogP contribution >= 0.6 is 0 Å². The molecule has 1 aliphatic heterocycles. The summed E-state index contributed by atoms with van der Waals surface area (Å²) < 4.78 is 6.93. The Morgan fingerprint density at radius 3 is 2.93 bits per heavy atom. The van der Waals surface area contributed by atoms with Crippen molar-refractivity contribution in [2.75, 3.05) is 13.1 Å². The third kappa shape index (κ3) is 4.81. The number of carbonyl (C=O) groups is 1. The lowest BCUT2D eigenvalue weighted by Gasteiger charge is -2.30. The number of carbonyl (C=O) groups excluding carboxylic acids is 1. The second kappa shape index (κ2) is 8.71. The minimum absolute atomic E-state index is 0.0667. The zero-order valence-corrected chi connectivity index (χ0v) is 16.6. The smallest absolute Gasteiger partial charge is 0.184 e. The molecule has 1 aromatic carbocycles. The van der Waals surface area contributed by atoms with Gasteiger partial charge in [-0.3, -0.25) is 14.4 Å². The normalized spacial score (nSPS) is 15.2. The van der Waals surface area contributed by atoms with Gasteiger partial charge in [0.05, 0.1) is 17.9 Å². The summed E-state index contributed by atoms with van der Waals surface area (Å²) in [5.41, 5.74) is 3.86. The maximum Gasteiger partial charge on any atom is 0.184 e. The minimum atomic E-state index is -0.434. The van der Waals surface area contributed by atoms with E-state index in [0.29, 0.717) is 37.3 Å². The van der Waals surface area contributed by atoms with Gasteiger partial charge in [0.25, 0.3) is 0 Å². The van der Waals surface area contributed by atoms with Crippen LogP contribution in [0.15, 0.2) is 47.2 Å². The molecule has 0 bridgehead atoms. The number of Topliss-reactive ketones (excluding diaryl/α,β-unsaturated/α-hetero) is 1. The zero-order valence-electron chi connectivity index (χ0n) is 16.6. The van der Waals surface area contributed by atoms with E-state index >= 15 is 0 Å². The molecule has 1 atom stereocenters. The second-order valence-corrected chi connectivity index (χ2v) is 7.70. The lowest BCUT2D eigenvalue weighted by molar-refractivity contribution is 0.0897. The Morgan fingerprint density at radius 2 is 2.14 bits per heavy atom. The lowest BCUT2D eigenvalue weighted by atomic mass is 9.99. The van der Waals surface area contributed by atoms with Gasteiger partial charge >= 0.3 is 0 Å². The van der Waals surface area contributed by atoms with Crippen molar-refractivity contribution >= 4 is 5.78 Å². The van der Waals surface area contributed by atoms with Crippen molar-refractivity contribution in [3.8, 4) is 11.3 Å². The van der Waals surface area contributed by atoms with Gasteiger partial charge in [-0.25, -0.2) is 0 Å². The number of rotatable bonds is 8. The van der Waals surface area contributed by atoms with Gasteiger partial charge in [-0.05, 0) is 30.4 Å². The summed E-state index contributed by atoms with van der Waals surface area (Å²) in [6.07, 6.45) is 5.63. The van der Waals surface area contributed by atoms with E-state index in [1.165, 1.54) is 11.1 Å². The maximum absolute atomic E-state index is 12.4. The van der Waals surface area contributed by atoms with E-state index in [4.69, 9.17) is 4.52 Å². The van der Waals surface area contributed by atoms with E-state index in [0.717, 1.165) is 25.1 Å². The Morgan fingerprint density at radius 1 is 1.31 bits per heavy atom. The number of hydrogen-bond donors (Lipinski definition) is 1. The Balaban J connectivity index is 1.22. The number of benzene rings is 1. The molecular formula is C22H26N4O3. The van der Waals surface area contributed by atoms with Gasteiger partial charge < -0.3 is 9.63 Å². The summed E-state index contributed by atoms with van der Waals surface area (Å²) >= 11 is 0. The Hall–Kier alpha value is -2.77. The highest BCUT2D eigenvalue weighted by Crippen LogP contribution is 2.21. The topological polar surface area (TPSA) is 84.4 Å². The summed E-state index contributed by atoms with van der Waals surface area (Å²) in [5, 5.41) is 18.4. The van der Waals surface area contributed by atoms with E-state index in [1.807, 2.05) is 13.2 Å². The van der Waals surface area contributed by atoms with Gasteiger partial charge in [0.15, 0.2) is 11.5 Å². The summed E-state index contributed by atoms with van der Waals surface area (Å²) in [7, 11) is 1.82. The largest absolute Gasteiger partial charge is 0.392 e. The molecule has 2 aromatic heterocycles. The highest BCUT2D eigenvalue weighted by atomic mass is 16.5. The van der Waals surface area contributed by atoms with Crippen molar-refractivity contribution in [1.82, 2.24) is 19.8 Å². The van der Waals surface area contributed by atoms with Gasteiger partial charge in [0.2, 0.25) is 0 Å². The lowest BCUT2D eigenvalue weighted by Crippen LogP contribution is -2.36. The molecule has 0 fully saturated rings. The van der Waals surface area contributed by atoms with E-state index in [-0.39, 0.29) is 5.78 Å². The van der Waals surface area contributed by atoms with Crippen LogP contribution in [0, 0.1) is 0 Å². The molecule has 29 heavy (non-hydrogen) atoms. The first-order chi connectivity index (χ1) is 14.1. The van der Waals surface area contributed by atoms with Gasteiger partial charge in [-0.1, -0.05) is 29.4 Å². The van der Waals surface area contributed by atoms with Crippen molar-refractivity contribution in [3.05, 3.63) is 59.5 Å². The molecule has 3 heterocycles. The maximum atomic E-state index is 12.4. The summed E-state index contributed by atoms with van der Waals surface area (Å²) in [6, 6.07) is 10.1. The molecule has 0 spiro atoms. The fourth-order valence-electron chi connectivity index (χ4n) is 3.82. The molecule has 152 valence electrons. The molecule has 1 unspecified atom stereocenters. The fraction of sp³-hybridized carbons (Fsp3) is 0.409. The van der Waals surface area contributed by atoms with Gasteiger partial charge in [0.1, 0.15) is 5.69 Å². The molecular weight excluding hydrogens is 368 g/mol. The van der Waals surface area contributed by atoms with Crippen LogP contribution < -0.4 is 0 Å². The first-order valence-corrected chi connectivity index (χ1v) is 10.0. The molecule has 7 heteroatoms. The fourth-order valence-corrected chi connectivity index (χ4v) is 3.82. The van der Waals surface area contributed by atoms with Crippen molar-refractivity contribution in [3.63, 3.8) is 0 Å². The van der Waals surface area contributed by atoms with Gasteiger partial charge in [0, 0.05) is 45.4 Å². The van der Waals surface area contributed by atoms with Crippen molar-refractivity contribution in [1.29, 1.82) is 0 Å². The number of β-amino-alcohol motifs (C(OH)–C–C–N with tert-alkyl or cyclic N) is 1. The van der Waals surface area contributed by atoms with Crippen molar-refractivity contribution in [2.45, 2.75) is 38.3 Å². The van der Waals surface area contributed by atoms with Gasteiger partial charge in [-0.2, -0.15) is 5.10 Å². The summed E-state index contributed by atoms with van der Waals surface area (Å²) in [5.74, 6) is 0.467. The molecule has 0 saturated carbocycles. The zero-order chi connectivity index (χ0) is 20.2. The van der Waals surface area contributed by atoms with Crippen LogP contribution in [0.2, 0.25) is 0 Å². The predicted octanol–water partition coefficient (Wildman–Crippen LogP) is 2.85. The standard InChI is InChI=1S/C22H26N4O3/c1-25-13-18(12-23-25)22-11-20(24-29-22)21(28)8-4-7-19(27)15-26-10-9-16-5-2-3-6-17(16)14-26/h2-3,5-6,11-13,19,27H,4,7-10,14-15H2,1H3.